The lowest BCUT2D eigenvalue weighted by Gasteiger charge is -2.22. The molecule has 102 valence electrons. The first-order valence-corrected chi connectivity index (χ1v) is 6.63. The minimum atomic E-state index is -0.567. The molecule has 0 saturated carbocycles. The number of nitrogens with one attached hydrogen (secondary N) is 1. The molecule has 7 heteroatoms. The first kappa shape index (κ1) is 14.7. The predicted octanol–water partition coefficient (Wildman–Crippen LogP) is 1.30. The Labute approximate surface area is 111 Å². The maximum Gasteiger partial charge on any atom is 0.255 e. The van der Waals surface area contributed by atoms with Crippen molar-refractivity contribution in [1.82, 2.24) is 4.37 Å². The Morgan fingerprint density at radius 1 is 1.56 bits per heavy atom. The van der Waals surface area contributed by atoms with E-state index >= 15 is 0 Å². The molecule has 0 aromatic carbocycles. The van der Waals surface area contributed by atoms with Gasteiger partial charge in [-0.25, -0.2) is 0 Å². The minimum absolute atomic E-state index is 0.0860. The number of nitrogen functional groups attached to an aromatic ring is 1. The predicted molar refractivity (Wildman–Crippen MR) is 73.8 cm³/mol. The van der Waals surface area contributed by atoms with Crippen molar-refractivity contribution in [3.63, 3.8) is 0 Å². The third-order valence-corrected chi connectivity index (χ3v) is 3.38. The van der Waals surface area contributed by atoms with Gasteiger partial charge in [0.1, 0.15) is 10.6 Å². The van der Waals surface area contributed by atoms with Gasteiger partial charge in [-0.05, 0) is 24.4 Å². The summed E-state index contributed by atoms with van der Waals surface area (Å²) in [5.41, 5.74) is 11.2. The van der Waals surface area contributed by atoms with Gasteiger partial charge in [0.25, 0.3) is 5.91 Å². The molecule has 0 aliphatic carbocycles. The quantitative estimate of drug-likeness (QED) is 0.694. The van der Waals surface area contributed by atoms with Gasteiger partial charge in [0, 0.05) is 6.61 Å². The number of carbonyl (C=O) groups is 1. The van der Waals surface area contributed by atoms with E-state index in [1.54, 1.807) is 0 Å². The summed E-state index contributed by atoms with van der Waals surface area (Å²) in [5.74, 6) is -0.0443. The van der Waals surface area contributed by atoms with Crippen LogP contribution in [0.3, 0.4) is 0 Å². The van der Waals surface area contributed by atoms with Gasteiger partial charge in [-0.3, -0.25) is 4.79 Å². The second-order valence-electron chi connectivity index (χ2n) is 4.29. The van der Waals surface area contributed by atoms with Gasteiger partial charge in [-0.15, -0.1) is 0 Å². The summed E-state index contributed by atoms with van der Waals surface area (Å²) in [6.07, 6.45) is 0. The Bertz CT molecular complexity index is 406. The van der Waals surface area contributed by atoms with Crippen molar-refractivity contribution in [1.29, 1.82) is 0 Å². The number of amides is 1. The molecule has 1 heterocycles. The molecule has 1 aromatic rings. The Morgan fingerprint density at radius 2 is 2.22 bits per heavy atom. The fourth-order valence-electron chi connectivity index (χ4n) is 1.45. The number of ether oxygens (including phenoxy) is 1. The van der Waals surface area contributed by atoms with Crippen LogP contribution >= 0.6 is 11.5 Å². The molecule has 0 fully saturated rings. The van der Waals surface area contributed by atoms with Crippen molar-refractivity contribution in [2.75, 3.05) is 24.3 Å². The number of nitrogens with two attached hydrogens (primary N) is 2. The molecule has 0 bridgehead atoms. The van der Waals surface area contributed by atoms with Crippen LogP contribution in [-0.2, 0) is 4.74 Å². The molecule has 6 nitrogen and oxygen atoms in total. The third kappa shape index (κ3) is 3.58. The number of hydrogen-bond acceptors (Lipinski definition) is 6. The third-order valence-electron chi connectivity index (χ3n) is 2.59. The number of aromatic nitrogens is 1. The topological polar surface area (TPSA) is 103 Å². The summed E-state index contributed by atoms with van der Waals surface area (Å²) in [6, 6.07) is 0.0860. The minimum Gasteiger partial charge on any atom is -0.382 e. The number of hydrogen-bond donors (Lipinski definition) is 3. The van der Waals surface area contributed by atoms with Crippen molar-refractivity contribution in [2.45, 2.75) is 26.8 Å². The Kier molecular flexibility index (Phi) is 5.36. The van der Waals surface area contributed by atoms with E-state index in [1.807, 2.05) is 6.92 Å². The maximum absolute atomic E-state index is 11.3. The molecule has 1 aromatic heterocycles. The van der Waals surface area contributed by atoms with E-state index in [9.17, 15) is 4.79 Å². The lowest BCUT2D eigenvalue weighted by Crippen LogP contribution is -2.31. The summed E-state index contributed by atoms with van der Waals surface area (Å²) >= 11 is 1.14. The molecule has 0 aliphatic rings. The number of nitrogens with zero attached hydrogens (tertiary/aromatic N) is 1. The average Bonchev–Trinajstić information content (AvgIpc) is 2.65. The molecule has 1 atom stereocenters. The Hall–Kier alpha value is -1.34. The molecule has 18 heavy (non-hydrogen) atoms. The molecule has 5 N–H and O–H groups in total. The van der Waals surface area contributed by atoms with E-state index in [2.05, 4.69) is 23.5 Å². The van der Waals surface area contributed by atoms with E-state index in [0.29, 0.717) is 24.1 Å². The van der Waals surface area contributed by atoms with Crippen LogP contribution in [0, 0.1) is 5.92 Å². The summed E-state index contributed by atoms with van der Waals surface area (Å²) in [5, 5.41) is 3.84. The zero-order valence-corrected chi connectivity index (χ0v) is 11.7. The highest BCUT2D eigenvalue weighted by Crippen LogP contribution is 2.27. The van der Waals surface area contributed by atoms with E-state index < -0.39 is 5.91 Å². The molecule has 0 aliphatic heterocycles. The van der Waals surface area contributed by atoms with Crippen molar-refractivity contribution in [2.24, 2.45) is 11.7 Å². The first-order chi connectivity index (χ1) is 8.47. The first-order valence-electron chi connectivity index (χ1n) is 5.86. The molecule has 1 rings (SSSR count). The highest BCUT2D eigenvalue weighted by Gasteiger charge is 2.21. The van der Waals surface area contributed by atoms with Crippen LogP contribution in [0.4, 0.5) is 10.8 Å². The van der Waals surface area contributed by atoms with E-state index in [1.165, 1.54) is 0 Å². The standard InChI is InChI=1S/C11H20N4O2S/c1-4-17-5-7(6(2)3)14-11-8(10(13)16)9(12)15-18-11/h6-7,14H,4-5H2,1-3H3,(H2,12,15)(H2,13,16). The van der Waals surface area contributed by atoms with Crippen LogP contribution in [0.15, 0.2) is 0 Å². The van der Waals surface area contributed by atoms with E-state index in [4.69, 9.17) is 16.2 Å². The van der Waals surface area contributed by atoms with Crippen molar-refractivity contribution in [3.05, 3.63) is 5.56 Å². The van der Waals surface area contributed by atoms with Gasteiger partial charge < -0.3 is 21.5 Å². The molecule has 0 saturated heterocycles. The fraction of sp³-hybridized carbons (Fsp3) is 0.636. The second kappa shape index (κ2) is 6.55. The van der Waals surface area contributed by atoms with Crippen LogP contribution in [-0.4, -0.2) is 29.5 Å². The normalized spacial score (nSPS) is 12.7. The molecular weight excluding hydrogens is 252 g/mol. The van der Waals surface area contributed by atoms with Gasteiger partial charge in [0.2, 0.25) is 0 Å². The zero-order valence-electron chi connectivity index (χ0n) is 10.9. The molecule has 0 radical (unpaired) electrons. The summed E-state index contributed by atoms with van der Waals surface area (Å²) in [4.78, 5) is 11.3. The fourth-order valence-corrected chi connectivity index (χ4v) is 2.23. The number of carbonyl (C=O) groups excluding carboxylic acids is 1. The Balaban J connectivity index is 2.83. The van der Waals surface area contributed by atoms with Crippen molar-refractivity contribution >= 4 is 28.3 Å². The Morgan fingerprint density at radius 3 is 2.72 bits per heavy atom. The van der Waals surface area contributed by atoms with Crippen LogP contribution in [0.1, 0.15) is 31.1 Å². The van der Waals surface area contributed by atoms with Gasteiger partial charge >= 0.3 is 0 Å². The highest BCUT2D eigenvalue weighted by atomic mass is 32.1. The van der Waals surface area contributed by atoms with Crippen LogP contribution in [0.5, 0.6) is 0 Å². The van der Waals surface area contributed by atoms with Crippen LogP contribution in [0.25, 0.3) is 0 Å². The average molecular weight is 272 g/mol. The SMILES string of the molecule is CCOCC(Nc1snc(N)c1C(N)=O)C(C)C. The van der Waals surface area contributed by atoms with Gasteiger partial charge in [0.05, 0.1) is 12.6 Å². The van der Waals surface area contributed by atoms with Crippen molar-refractivity contribution < 1.29 is 9.53 Å². The lowest BCUT2D eigenvalue weighted by molar-refractivity contribution is 0.100. The summed E-state index contributed by atoms with van der Waals surface area (Å²) in [6.45, 7) is 7.30. The smallest absolute Gasteiger partial charge is 0.255 e. The van der Waals surface area contributed by atoms with Crippen LogP contribution in [0.2, 0.25) is 0 Å². The number of rotatable bonds is 7. The van der Waals surface area contributed by atoms with Gasteiger partial charge in [0.15, 0.2) is 5.82 Å². The van der Waals surface area contributed by atoms with Crippen LogP contribution < -0.4 is 16.8 Å². The largest absolute Gasteiger partial charge is 0.382 e. The maximum atomic E-state index is 11.3. The monoisotopic (exact) mass is 272 g/mol. The van der Waals surface area contributed by atoms with E-state index in [0.717, 1.165) is 11.5 Å². The molecule has 1 unspecified atom stereocenters. The molecule has 1 amide bonds. The zero-order chi connectivity index (χ0) is 13.7. The van der Waals surface area contributed by atoms with E-state index in [-0.39, 0.29) is 17.4 Å². The highest BCUT2D eigenvalue weighted by molar-refractivity contribution is 7.11. The number of primary amides is 1. The molecule has 0 spiro atoms. The molecular formula is C11H20N4O2S. The van der Waals surface area contributed by atoms with Gasteiger partial charge in [-0.1, -0.05) is 13.8 Å². The van der Waals surface area contributed by atoms with Crippen molar-refractivity contribution in [3.8, 4) is 0 Å². The number of anilines is 2. The second-order valence-corrected chi connectivity index (χ2v) is 5.06. The summed E-state index contributed by atoms with van der Waals surface area (Å²) < 4.78 is 9.36. The van der Waals surface area contributed by atoms with Gasteiger partial charge in [-0.2, -0.15) is 4.37 Å². The lowest BCUT2D eigenvalue weighted by atomic mass is 10.1. The summed E-state index contributed by atoms with van der Waals surface area (Å²) in [7, 11) is 0.